The van der Waals surface area contributed by atoms with Crippen LogP contribution in [0.4, 0.5) is 0 Å². The molecule has 2 aromatic rings. The number of amides is 1. The lowest BCUT2D eigenvalue weighted by molar-refractivity contribution is -0.140. The van der Waals surface area contributed by atoms with Crippen LogP contribution in [0.1, 0.15) is 17.2 Å². The SMILES string of the molecule is COCCN1C(=O)C(=O)/C(=C(\O)c2ccc(OC)cc2)C1c1ccc(OC)c(OC)c1. The van der Waals surface area contributed by atoms with Crippen LogP contribution in [0, 0.1) is 0 Å². The number of ketones is 1. The Labute approximate surface area is 180 Å². The van der Waals surface area contributed by atoms with Gasteiger partial charge in [-0.2, -0.15) is 0 Å². The molecule has 1 atom stereocenters. The molecule has 0 spiro atoms. The number of nitrogens with zero attached hydrogens (tertiary/aromatic N) is 1. The van der Waals surface area contributed by atoms with Crippen LogP contribution in [0.2, 0.25) is 0 Å². The quantitative estimate of drug-likeness (QED) is 0.393. The predicted molar refractivity (Wildman–Crippen MR) is 113 cm³/mol. The minimum Gasteiger partial charge on any atom is -0.507 e. The van der Waals surface area contributed by atoms with Gasteiger partial charge in [0.2, 0.25) is 0 Å². The molecule has 1 fully saturated rings. The Morgan fingerprint density at radius 1 is 0.935 bits per heavy atom. The summed E-state index contributed by atoms with van der Waals surface area (Å²) in [6.45, 7) is 0.416. The van der Waals surface area contributed by atoms with Gasteiger partial charge in [0, 0.05) is 19.2 Å². The number of aliphatic hydroxyl groups is 1. The normalized spacial score (nSPS) is 17.7. The standard InChI is InChI=1S/C23H25NO7/c1-28-12-11-24-20(15-7-10-17(30-3)18(13-15)31-4)19(22(26)23(24)27)21(25)14-5-8-16(29-2)9-6-14/h5-10,13,20,25H,11-12H2,1-4H3/b21-19-. The van der Waals surface area contributed by atoms with E-state index in [2.05, 4.69) is 0 Å². The molecule has 0 aromatic heterocycles. The Morgan fingerprint density at radius 2 is 1.61 bits per heavy atom. The Balaban J connectivity index is 2.17. The number of likely N-dealkylation sites (tertiary alicyclic amines) is 1. The van der Waals surface area contributed by atoms with E-state index in [0.717, 1.165) is 0 Å². The number of rotatable bonds is 8. The summed E-state index contributed by atoms with van der Waals surface area (Å²) < 4.78 is 20.9. The third-order valence-electron chi connectivity index (χ3n) is 5.16. The highest BCUT2D eigenvalue weighted by molar-refractivity contribution is 6.46. The second-order valence-corrected chi connectivity index (χ2v) is 6.83. The van der Waals surface area contributed by atoms with Gasteiger partial charge in [0.1, 0.15) is 11.5 Å². The van der Waals surface area contributed by atoms with Gasteiger partial charge < -0.3 is 29.0 Å². The largest absolute Gasteiger partial charge is 0.507 e. The first kappa shape index (κ1) is 22.2. The van der Waals surface area contributed by atoms with Crippen molar-refractivity contribution in [2.24, 2.45) is 0 Å². The molecular weight excluding hydrogens is 402 g/mol. The van der Waals surface area contributed by atoms with Crippen molar-refractivity contribution in [3.8, 4) is 17.2 Å². The maximum absolute atomic E-state index is 12.9. The zero-order chi connectivity index (χ0) is 22.5. The van der Waals surface area contributed by atoms with Crippen molar-refractivity contribution in [2.45, 2.75) is 6.04 Å². The van der Waals surface area contributed by atoms with Gasteiger partial charge >= 0.3 is 0 Å². The summed E-state index contributed by atoms with van der Waals surface area (Å²) >= 11 is 0. The lowest BCUT2D eigenvalue weighted by atomic mass is 9.95. The lowest BCUT2D eigenvalue weighted by Gasteiger charge is -2.25. The Hall–Kier alpha value is -3.52. The zero-order valence-electron chi connectivity index (χ0n) is 17.9. The molecule has 1 aliphatic rings. The molecule has 0 aliphatic carbocycles. The van der Waals surface area contributed by atoms with Crippen LogP contribution < -0.4 is 14.2 Å². The number of Topliss-reactive ketones (excluding diaryl/α,β-unsaturated/α-hetero) is 1. The van der Waals surface area contributed by atoms with E-state index in [1.807, 2.05) is 0 Å². The molecule has 1 unspecified atom stereocenters. The topological polar surface area (TPSA) is 94.5 Å². The van der Waals surface area contributed by atoms with Crippen LogP contribution in [-0.4, -0.2) is 63.3 Å². The van der Waals surface area contributed by atoms with Crippen LogP contribution in [-0.2, 0) is 14.3 Å². The Morgan fingerprint density at radius 3 is 2.19 bits per heavy atom. The van der Waals surface area contributed by atoms with E-state index in [1.165, 1.54) is 33.3 Å². The van der Waals surface area contributed by atoms with E-state index >= 15 is 0 Å². The summed E-state index contributed by atoms with van der Waals surface area (Å²) in [6.07, 6.45) is 0. The number of ether oxygens (including phenoxy) is 4. The summed E-state index contributed by atoms with van der Waals surface area (Å²) in [7, 11) is 6.07. The molecule has 8 nitrogen and oxygen atoms in total. The van der Waals surface area contributed by atoms with Crippen LogP contribution in [0.3, 0.4) is 0 Å². The van der Waals surface area contributed by atoms with E-state index in [1.54, 1.807) is 42.5 Å². The number of hydrogen-bond donors (Lipinski definition) is 1. The van der Waals surface area contributed by atoms with Gasteiger partial charge in [-0.15, -0.1) is 0 Å². The maximum Gasteiger partial charge on any atom is 0.295 e. The molecule has 1 N–H and O–H groups in total. The summed E-state index contributed by atoms with van der Waals surface area (Å²) in [6, 6.07) is 10.9. The number of carbonyl (C=O) groups is 2. The molecule has 0 radical (unpaired) electrons. The number of methoxy groups -OCH3 is 4. The average molecular weight is 427 g/mol. The first-order valence-electron chi connectivity index (χ1n) is 9.60. The highest BCUT2D eigenvalue weighted by Gasteiger charge is 2.46. The van der Waals surface area contributed by atoms with Gasteiger partial charge in [0.15, 0.2) is 11.5 Å². The van der Waals surface area contributed by atoms with Gasteiger partial charge in [-0.3, -0.25) is 9.59 Å². The van der Waals surface area contributed by atoms with E-state index in [4.69, 9.17) is 18.9 Å². The summed E-state index contributed by atoms with van der Waals surface area (Å²) in [5.74, 6) is -0.164. The van der Waals surface area contributed by atoms with Crippen LogP contribution in [0.25, 0.3) is 5.76 Å². The van der Waals surface area contributed by atoms with Crippen molar-refractivity contribution in [1.29, 1.82) is 0 Å². The van der Waals surface area contributed by atoms with E-state index < -0.39 is 17.7 Å². The monoisotopic (exact) mass is 427 g/mol. The van der Waals surface area contributed by atoms with Crippen molar-refractivity contribution in [3.63, 3.8) is 0 Å². The number of benzene rings is 2. The third-order valence-corrected chi connectivity index (χ3v) is 5.16. The average Bonchev–Trinajstić information content (AvgIpc) is 3.06. The first-order valence-corrected chi connectivity index (χ1v) is 9.60. The van der Waals surface area contributed by atoms with Gasteiger partial charge in [0.25, 0.3) is 11.7 Å². The second kappa shape index (κ2) is 9.53. The third kappa shape index (κ3) is 4.20. The van der Waals surface area contributed by atoms with Crippen LogP contribution >= 0.6 is 0 Å². The predicted octanol–water partition coefficient (Wildman–Crippen LogP) is 2.78. The van der Waals surface area contributed by atoms with Crippen molar-refractivity contribution in [1.82, 2.24) is 4.90 Å². The minimum atomic E-state index is -0.808. The molecular formula is C23H25NO7. The van der Waals surface area contributed by atoms with Gasteiger partial charge in [-0.05, 0) is 42.0 Å². The summed E-state index contributed by atoms with van der Waals surface area (Å²) in [4.78, 5) is 27.2. The molecule has 2 aromatic carbocycles. The van der Waals surface area contributed by atoms with E-state index in [-0.39, 0.29) is 24.5 Å². The van der Waals surface area contributed by atoms with Gasteiger partial charge in [-0.25, -0.2) is 0 Å². The van der Waals surface area contributed by atoms with Crippen molar-refractivity contribution < 1.29 is 33.6 Å². The molecule has 1 heterocycles. The molecule has 31 heavy (non-hydrogen) atoms. The number of hydrogen-bond acceptors (Lipinski definition) is 7. The second-order valence-electron chi connectivity index (χ2n) is 6.83. The van der Waals surface area contributed by atoms with E-state index in [9.17, 15) is 14.7 Å². The lowest BCUT2D eigenvalue weighted by Crippen LogP contribution is -2.32. The zero-order valence-corrected chi connectivity index (χ0v) is 17.9. The fourth-order valence-electron chi connectivity index (χ4n) is 3.57. The Bertz CT molecular complexity index is 997. The smallest absolute Gasteiger partial charge is 0.295 e. The molecule has 1 amide bonds. The van der Waals surface area contributed by atoms with Crippen LogP contribution in [0.15, 0.2) is 48.0 Å². The molecule has 0 bridgehead atoms. The first-order chi connectivity index (χ1) is 15.0. The minimum absolute atomic E-state index is 0.00140. The molecule has 1 saturated heterocycles. The highest BCUT2D eigenvalue weighted by Crippen LogP contribution is 2.41. The molecule has 8 heteroatoms. The van der Waals surface area contributed by atoms with Gasteiger partial charge in [0.05, 0.1) is 39.6 Å². The van der Waals surface area contributed by atoms with Crippen LogP contribution in [0.5, 0.6) is 17.2 Å². The molecule has 1 aliphatic heterocycles. The van der Waals surface area contributed by atoms with Crippen molar-refractivity contribution >= 4 is 17.4 Å². The number of aliphatic hydroxyl groups excluding tert-OH is 1. The van der Waals surface area contributed by atoms with Gasteiger partial charge in [-0.1, -0.05) is 6.07 Å². The fourth-order valence-corrected chi connectivity index (χ4v) is 3.57. The molecule has 0 saturated carbocycles. The number of carbonyl (C=O) groups excluding carboxylic acids is 2. The van der Waals surface area contributed by atoms with Crippen molar-refractivity contribution in [2.75, 3.05) is 41.6 Å². The van der Waals surface area contributed by atoms with Crippen molar-refractivity contribution in [3.05, 3.63) is 59.2 Å². The fraction of sp³-hybridized carbons (Fsp3) is 0.304. The summed E-state index contributed by atoms with van der Waals surface area (Å²) in [5.41, 5.74) is 0.998. The molecule has 3 rings (SSSR count). The Kier molecular flexibility index (Phi) is 6.81. The van der Waals surface area contributed by atoms with E-state index in [0.29, 0.717) is 28.4 Å². The summed E-state index contributed by atoms with van der Waals surface area (Å²) in [5, 5.41) is 11.0. The highest BCUT2D eigenvalue weighted by atomic mass is 16.5. The maximum atomic E-state index is 12.9. The molecule has 164 valence electrons.